The Morgan fingerprint density at radius 2 is 1.80 bits per heavy atom. The van der Waals surface area contributed by atoms with E-state index < -0.39 is 12.3 Å². The second-order valence-corrected chi connectivity index (χ2v) is 10.6. The fraction of sp³-hybridized carbons (Fsp3) is 0.406. The fourth-order valence-corrected chi connectivity index (χ4v) is 4.96. The lowest BCUT2D eigenvalue weighted by atomic mass is 9.90. The molecule has 4 rings (SSSR count). The Morgan fingerprint density at radius 3 is 2.51 bits per heavy atom. The van der Waals surface area contributed by atoms with Crippen LogP contribution in [0.3, 0.4) is 0 Å². The number of anilines is 1. The highest BCUT2D eigenvalue weighted by molar-refractivity contribution is 5.90. The summed E-state index contributed by atoms with van der Waals surface area (Å²) >= 11 is 0. The molecule has 0 unspecified atom stereocenters. The van der Waals surface area contributed by atoms with Gasteiger partial charge in [0.05, 0.1) is 18.8 Å². The van der Waals surface area contributed by atoms with Crippen LogP contribution in [0.5, 0.6) is 0 Å². The average Bonchev–Trinajstić information content (AvgIpc) is 2.97. The van der Waals surface area contributed by atoms with E-state index in [2.05, 4.69) is 29.2 Å². The summed E-state index contributed by atoms with van der Waals surface area (Å²) in [5.41, 5.74) is 4.26. The minimum atomic E-state index is -0.918. The number of ether oxygens (including phenoxy) is 2. The van der Waals surface area contributed by atoms with Crippen molar-refractivity contribution in [2.24, 2.45) is 5.92 Å². The first-order valence-corrected chi connectivity index (χ1v) is 14.0. The first-order valence-electron chi connectivity index (χ1n) is 14.0. The normalized spacial score (nSPS) is 20.6. The third-order valence-electron chi connectivity index (χ3n) is 7.33. The van der Waals surface area contributed by atoms with Crippen LogP contribution in [0.1, 0.15) is 61.0 Å². The van der Waals surface area contributed by atoms with Gasteiger partial charge in [0.25, 0.3) is 0 Å². The molecule has 41 heavy (non-hydrogen) atoms. The molecule has 1 aliphatic rings. The molecule has 2 heterocycles. The molecule has 1 fully saturated rings. The zero-order valence-electron chi connectivity index (χ0n) is 23.6. The van der Waals surface area contributed by atoms with E-state index in [-0.39, 0.29) is 49.9 Å². The zero-order chi connectivity index (χ0) is 29.2. The summed E-state index contributed by atoms with van der Waals surface area (Å²) in [5.74, 6) is -1.12. The number of aliphatic hydroxyl groups is 1. The lowest BCUT2D eigenvalue weighted by molar-refractivity contribution is -0.275. The molecular weight excluding hydrogens is 522 g/mol. The predicted octanol–water partition coefficient (Wildman–Crippen LogP) is 4.73. The minimum Gasteiger partial charge on any atom is -0.481 e. The lowest BCUT2D eigenvalue weighted by Gasteiger charge is -2.42. The van der Waals surface area contributed by atoms with Gasteiger partial charge in [-0.25, -0.2) is 0 Å². The van der Waals surface area contributed by atoms with Gasteiger partial charge in [-0.3, -0.25) is 14.6 Å². The fourth-order valence-electron chi connectivity index (χ4n) is 4.96. The molecule has 2 aromatic carbocycles. The Balaban J connectivity index is 1.49. The number of likely N-dealkylation sites (N-methyl/N-ethyl adjacent to an activating group) is 1. The molecule has 1 aromatic heterocycles. The number of carbonyl (C=O) groups is 2. The number of nitrogens with one attached hydrogen (secondary N) is 1. The quantitative estimate of drug-likeness (QED) is 0.274. The van der Waals surface area contributed by atoms with E-state index in [1.165, 1.54) is 0 Å². The number of aromatic nitrogens is 1. The largest absolute Gasteiger partial charge is 0.481 e. The van der Waals surface area contributed by atoms with Crippen molar-refractivity contribution >= 4 is 17.6 Å². The summed E-state index contributed by atoms with van der Waals surface area (Å²) in [6, 6.07) is 21.1. The number of carboxylic acids is 1. The number of benzene rings is 2. The van der Waals surface area contributed by atoms with Crippen molar-refractivity contribution in [2.75, 3.05) is 25.5 Å². The van der Waals surface area contributed by atoms with E-state index in [4.69, 9.17) is 14.6 Å². The van der Waals surface area contributed by atoms with Crippen LogP contribution in [0.2, 0.25) is 0 Å². The van der Waals surface area contributed by atoms with Crippen LogP contribution in [0.15, 0.2) is 72.9 Å². The maximum Gasteiger partial charge on any atom is 0.303 e. The second-order valence-electron chi connectivity index (χ2n) is 10.6. The van der Waals surface area contributed by atoms with E-state index in [9.17, 15) is 14.7 Å². The van der Waals surface area contributed by atoms with Crippen molar-refractivity contribution in [3.63, 3.8) is 0 Å². The SMILES string of the molecule is C[C@H]1[C@@H](CN(C)CCc2ccccn2)O[C@@H](c2cccc(NC(=O)CCCC(=O)O)c2)O[C@H]1c1ccc(CO)cc1. The zero-order valence-corrected chi connectivity index (χ0v) is 23.6. The number of carbonyl (C=O) groups excluding carboxylic acids is 1. The molecule has 218 valence electrons. The molecule has 1 saturated heterocycles. The van der Waals surface area contributed by atoms with Gasteiger partial charge in [0.1, 0.15) is 0 Å². The van der Waals surface area contributed by atoms with Crippen LogP contribution in [0.25, 0.3) is 0 Å². The van der Waals surface area contributed by atoms with Crippen LogP contribution in [0, 0.1) is 5.92 Å². The number of hydrogen-bond donors (Lipinski definition) is 3. The monoisotopic (exact) mass is 561 g/mol. The van der Waals surface area contributed by atoms with Gasteiger partial charge in [0.2, 0.25) is 5.91 Å². The second kappa shape index (κ2) is 14.8. The van der Waals surface area contributed by atoms with Crippen molar-refractivity contribution in [2.45, 2.75) is 57.7 Å². The predicted molar refractivity (Wildman–Crippen MR) is 155 cm³/mol. The molecular formula is C32H39N3O6. The summed E-state index contributed by atoms with van der Waals surface area (Å²) in [4.78, 5) is 29.8. The summed E-state index contributed by atoms with van der Waals surface area (Å²) in [6.07, 6.45) is 1.95. The highest BCUT2D eigenvalue weighted by Gasteiger charge is 2.38. The Morgan fingerprint density at radius 1 is 1.00 bits per heavy atom. The van der Waals surface area contributed by atoms with Crippen LogP contribution in [-0.4, -0.2) is 58.2 Å². The molecule has 0 saturated carbocycles. The highest BCUT2D eigenvalue weighted by atomic mass is 16.7. The van der Waals surface area contributed by atoms with Crippen molar-refractivity contribution < 1.29 is 29.3 Å². The van der Waals surface area contributed by atoms with E-state index in [1.807, 2.05) is 66.9 Å². The van der Waals surface area contributed by atoms with Crippen molar-refractivity contribution in [3.05, 3.63) is 95.3 Å². The highest BCUT2D eigenvalue weighted by Crippen LogP contribution is 2.42. The molecule has 3 aromatic rings. The standard InChI is InChI=1S/C32H39N3O6/c1-22-28(20-35(2)18-16-26-8-3-4-17-33-26)40-32(41-31(22)24-14-12-23(21-36)13-15-24)25-7-5-9-27(19-25)34-29(37)10-6-11-30(38)39/h3-5,7-9,12-15,17,19,22,28,31-32,36H,6,10-11,16,18,20-21H2,1-2H3,(H,34,37)(H,38,39)/t22-,28+,31+,32+/m0/s1. The average molecular weight is 562 g/mol. The Hall–Kier alpha value is -3.63. The van der Waals surface area contributed by atoms with Crippen LogP contribution in [0.4, 0.5) is 5.69 Å². The van der Waals surface area contributed by atoms with Crippen molar-refractivity contribution in [1.29, 1.82) is 0 Å². The number of amides is 1. The molecule has 0 bridgehead atoms. The summed E-state index contributed by atoms with van der Waals surface area (Å²) in [7, 11) is 2.08. The van der Waals surface area contributed by atoms with Gasteiger partial charge < -0.3 is 29.9 Å². The molecule has 0 spiro atoms. The molecule has 0 radical (unpaired) electrons. The maximum atomic E-state index is 12.4. The van der Waals surface area contributed by atoms with E-state index >= 15 is 0 Å². The molecule has 1 aliphatic heterocycles. The molecule has 9 nitrogen and oxygen atoms in total. The van der Waals surface area contributed by atoms with Gasteiger partial charge in [0.15, 0.2) is 6.29 Å². The molecule has 9 heteroatoms. The van der Waals surface area contributed by atoms with E-state index in [0.717, 1.165) is 35.3 Å². The molecule has 0 aliphatic carbocycles. The Labute approximate surface area is 241 Å². The first kappa shape index (κ1) is 30.3. The number of rotatable bonds is 13. The van der Waals surface area contributed by atoms with Crippen LogP contribution < -0.4 is 5.32 Å². The number of carboxylic acid groups (broad SMARTS) is 1. The van der Waals surface area contributed by atoms with Gasteiger partial charge >= 0.3 is 5.97 Å². The van der Waals surface area contributed by atoms with Gasteiger partial charge in [-0.15, -0.1) is 0 Å². The number of nitrogens with zero attached hydrogens (tertiary/aromatic N) is 2. The third-order valence-corrected chi connectivity index (χ3v) is 7.33. The maximum absolute atomic E-state index is 12.4. The minimum absolute atomic E-state index is 0.0222. The molecule has 1 amide bonds. The van der Waals surface area contributed by atoms with Crippen LogP contribution >= 0.6 is 0 Å². The number of hydrogen-bond acceptors (Lipinski definition) is 7. The van der Waals surface area contributed by atoms with Crippen molar-refractivity contribution in [3.8, 4) is 0 Å². The summed E-state index contributed by atoms with van der Waals surface area (Å²) in [5, 5.41) is 21.2. The smallest absolute Gasteiger partial charge is 0.303 e. The summed E-state index contributed by atoms with van der Waals surface area (Å²) < 4.78 is 13.1. The van der Waals surface area contributed by atoms with E-state index in [0.29, 0.717) is 12.2 Å². The van der Waals surface area contributed by atoms with Crippen LogP contribution in [-0.2, 0) is 32.1 Å². The Bertz CT molecular complexity index is 1270. The topological polar surface area (TPSA) is 121 Å². The van der Waals surface area contributed by atoms with Crippen molar-refractivity contribution in [1.82, 2.24) is 9.88 Å². The molecule has 3 N–H and O–H groups in total. The number of pyridine rings is 1. The summed E-state index contributed by atoms with van der Waals surface area (Å²) in [6.45, 7) is 3.63. The first-order chi connectivity index (χ1) is 19.8. The Kier molecular flexibility index (Phi) is 11.0. The lowest BCUT2D eigenvalue weighted by Crippen LogP contribution is -2.44. The number of aliphatic hydroxyl groups excluding tert-OH is 1. The third kappa shape index (κ3) is 8.93. The molecule has 4 atom stereocenters. The van der Waals surface area contributed by atoms with Gasteiger partial charge in [-0.1, -0.05) is 49.4 Å². The van der Waals surface area contributed by atoms with Gasteiger partial charge in [-0.2, -0.15) is 0 Å². The van der Waals surface area contributed by atoms with Gasteiger partial charge in [-0.05, 0) is 48.9 Å². The van der Waals surface area contributed by atoms with E-state index in [1.54, 1.807) is 6.07 Å². The van der Waals surface area contributed by atoms with Gasteiger partial charge in [0, 0.05) is 61.4 Å². The number of aliphatic carboxylic acids is 1.